The number of hydrogen-bond acceptors (Lipinski definition) is 4. The number of ether oxygens (including phenoxy) is 2. The van der Waals surface area contributed by atoms with Gasteiger partial charge in [-0.05, 0) is 53.6 Å². The predicted molar refractivity (Wildman–Crippen MR) is 107 cm³/mol. The van der Waals surface area contributed by atoms with E-state index in [9.17, 15) is 9.59 Å². The monoisotopic (exact) mass is 378 g/mol. The molecule has 0 aromatic heterocycles. The normalized spacial score (nSPS) is 11.8. The fourth-order valence-corrected chi connectivity index (χ4v) is 2.91. The van der Waals surface area contributed by atoms with Crippen LogP contribution in [0.4, 0.5) is 0 Å². The SMILES string of the molecule is CCC(CCOc1ccc(C(=O)C(=O)O)cc1)Oc1ccc2ccccc2c1. The van der Waals surface area contributed by atoms with Crippen LogP contribution in [0.5, 0.6) is 11.5 Å². The van der Waals surface area contributed by atoms with Crippen molar-refractivity contribution in [3.63, 3.8) is 0 Å². The molecule has 0 fully saturated rings. The average Bonchev–Trinajstić information content (AvgIpc) is 2.72. The van der Waals surface area contributed by atoms with Gasteiger partial charge in [0, 0.05) is 12.0 Å². The van der Waals surface area contributed by atoms with E-state index >= 15 is 0 Å². The molecule has 1 N–H and O–H groups in total. The van der Waals surface area contributed by atoms with Crippen LogP contribution >= 0.6 is 0 Å². The van der Waals surface area contributed by atoms with Gasteiger partial charge in [0.2, 0.25) is 0 Å². The summed E-state index contributed by atoms with van der Waals surface area (Å²) in [6.45, 7) is 2.52. The lowest BCUT2D eigenvalue weighted by atomic mass is 10.1. The third kappa shape index (κ3) is 4.88. The second kappa shape index (κ2) is 9.04. The van der Waals surface area contributed by atoms with E-state index in [-0.39, 0.29) is 11.7 Å². The van der Waals surface area contributed by atoms with Crippen molar-refractivity contribution in [2.24, 2.45) is 0 Å². The van der Waals surface area contributed by atoms with Gasteiger partial charge in [0.05, 0.1) is 6.61 Å². The number of hydrogen-bond donors (Lipinski definition) is 1. The third-order valence-corrected chi connectivity index (χ3v) is 4.50. The van der Waals surface area contributed by atoms with Crippen LogP contribution < -0.4 is 9.47 Å². The first-order chi connectivity index (χ1) is 13.6. The number of carbonyl (C=O) groups is 2. The molecular formula is C23H22O5. The molecule has 0 bridgehead atoms. The van der Waals surface area contributed by atoms with Crippen LogP contribution in [-0.2, 0) is 4.79 Å². The Bertz CT molecular complexity index is 962. The van der Waals surface area contributed by atoms with Gasteiger partial charge < -0.3 is 14.6 Å². The molecule has 0 saturated heterocycles. The third-order valence-electron chi connectivity index (χ3n) is 4.50. The number of carbonyl (C=O) groups excluding carboxylic acids is 1. The number of carboxylic acid groups (broad SMARTS) is 1. The molecule has 0 aliphatic rings. The number of carboxylic acids is 1. The van der Waals surface area contributed by atoms with Crippen molar-refractivity contribution in [2.45, 2.75) is 25.9 Å². The number of rotatable bonds is 9. The quantitative estimate of drug-likeness (QED) is 0.430. The fourth-order valence-electron chi connectivity index (χ4n) is 2.91. The minimum Gasteiger partial charge on any atom is -0.493 e. The molecule has 5 heteroatoms. The molecule has 0 aliphatic heterocycles. The Morgan fingerprint density at radius 1 is 0.929 bits per heavy atom. The molecular weight excluding hydrogens is 356 g/mol. The van der Waals surface area contributed by atoms with E-state index in [4.69, 9.17) is 14.6 Å². The second-order valence-electron chi connectivity index (χ2n) is 6.45. The van der Waals surface area contributed by atoms with E-state index in [0.29, 0.717) is 18.8 Å². The summed E-state index contributed by atoms with van der Waals surface area (Å²) in [7, 11) is 0. The van der Waals surface area contributed by atoms with Crippen LogP contribution in [0.2, 0.25) is 0 Å². The fraction of sp³-hybridized carbons (Fsp3) is 0.217. The Kier molecular flexibility index (Phi) is 6.27. The first-order valence-corrected chi connectivity index (χ1v) is 9.22. The molecule has 3 aromatic rings. The van der Waals surface area contributed by atoms with Gasteiger partial charge in [-0.3, -0.25) is 4.79 Å². The van der Waals surface area contributed by atoms with E-state index in [2.05, 4.69) is 19.1 Å². The van der Waals surface area contributed by atoms with Gasteiger partial charge in [0.1, 0.15) is 17.6 Å². The van der Waals surface area contributed by atoms with E-state index in [1.165, 1.54) is 17.5 Å². The maximum atomic E-state index is 11.4. The highest BCUT2D eigenvalue weighted by atomic mass is 16.5. The zero-order valence-corrected chi connectivity index (χ0v) is 15.6. The van der Waals surface area contributed by atoms with Crippen molar-refractivity contribution in [3.05, 3.63) is 72.3 Å². The van der Waals surface area contributed by atoms with Gasteiger partial charge in [-0.25, -0.2) is 4.79 Å². The van der Waals surface area contributed by atoms with Crippen LogP contribution in [-0.4, -0.2) is 29.6 Å². The van der Waals surface area contributed by atoms with Crippen molar-refractivity contribution in [1.82, 2.24) is 0 Å². The molecule has 3 rings (SSSR count). The van der Waals surface area contributed by atoms with Crippen LogP contribution in [0.15, 0.2) is 66.7 Å². The summed E-state index contributed by atoms with van der Waals surface area (Å²) >= 11 is 0. The summed E-state index contributed by atoms with van der Waals surface area (Å²) in [6.07, 6.45) is 1.58. The van der Waals surface area contributed by atoms with Gasteiger partial charge in [-0.2, -0.15) is 0 Å². The highest BCUT2D eigenvalue weighted by Crippen LogP contribution is 2.23. The van der Waals surface area contributed by atoms with Crippen molar-refractivity contribution in [1.29, 1.82) is 0 Å². The Morgan fingerprint density at radius 3 is 2.29 bits per heavy atom. The zero-order chi connectivity index (χ0) is 19.9. The van der Waals surface area contributed by atoms with Crippen molar-refractivity contribution >= 4 is 22.5 Å². The molecule has 0 spiro atoms. The number of aliphatic carboxylic acids is 1. The van der Waals surface area contributed by atoms with Gasteiger partial charge in [-0.15, -0.1) is 0 Å². The summed E-state index contributed by atoms with van der Waals surface area (Å²) in [6, 6.07) is 20.3. The number of fused-ring (bicyclic) bond motifs is 1. The van der Waals surface area contributed by atoms with E-state index in [1.54, 1.807) is 12.1 Å². The van der Waals surface area contributed by atoms with Crippen molar-refractivity contribution < 1.29 is 24.2 Å². The van der Waals surface area contributed by atoms with Crippen LogP contribution in [0.25, 0.3) is 10.8 Å². The molecule has 1 atom stereocenters. The molecule has 144 valence electrons. The highest BCUT2D eigenvalue weighted by Gasteiger charge is 2.14. The van der Waals surface area contributed by atoms with Crippen LogP contribution in [0.3, 0.4) is 0 Å². The van der Waals surface area contributed by atoms with Gasteiger partial charge >= 0.3 is 5.97 Å². The molecule has 5 nitrogen and oxygen atoms in total. The first-order valence-electron chi connectivity index (χ1n) is 9.22. The molecule has 0 radical (unpaired) electrons. The Labute approximate surface area is 163 Å². The van der Waals surface area contributed by atoms with E-state index < -0.39 is 11.8 Å². The minimum atomic E-state index is -1.47. The summed E-state index contributed by atoms with van der Waals surface area (Å²) < 4.78 is 11.8. The topological polar surface area (TPSA) is 72.8 Å². The minimum absolute atomic E-state index is 0.0222. The van der Waals surface area contributed by atoms with E-state index in [1.807, 2.05) is 30.3 Å². The molecule has 0 aliphatic carbocycles. The molecule has 0 amide bonds. The zero-order valence-electron chi connectivity index (χ0n) is 15.6. The van der Waals surface area contributed by atoms with Gasteiger partial charge in [0.25, 0.3) is 5.78 Å². The van der Waals surface area contributed by atoms with Crippen LogP contribution in [0, 0.1) is 0 Å². The summed E-state index contributed by atoms with van der Waals surface area (Å²) in [4.78, 5) is 22.1. The molecule has 3 aromatic carbocycles. The molecule has 0 saturated carbocycles. The average molecular weight is 378 g/mol. The maximum absolute atomic E-state index is 11.4. The van der Waals surface area contributed by atoms with Crippen molar-refractivity contribution in [2.75, 3.05) is 6.61 Å². The number of benzene rings is 3. The molecule has 1 unspecified atom stereocenters. The van der Waals surface area contributed by atoms with Crippen molar-refractivity contribution in [3.8, 4) is 11.5 Å². The smallest absolute Gasteiger partial charge is 0.377 e. The number of ketones is 1. The first kappa shape index (κ1) is 19.4. The van der Waals surface area contributed by atoms with Gasteiger partial charge in [0.15, 0.2) is 0 Å². The molecule has 0 heterocycles. The highest BCUT2D eigenvalue weighted by molar-refractivity contribution is 6.39. The van der Waals surface area contributed by atoms with Gasteiger partial charge in [-0.1, -0.05) is 37.3 Å². The summed E-state index contributed by atoms with van der Waals surface area (Å²) in [5.74, 6) is -0.976. The Balaban J connectivity index is 1.53. The number of Topliss-reactive ketones (excluding diaryl/α,β-unsaturated/α-hetero) is 1. The summed E-state index contributed by atoms with van der Waals surface area (Å²) in [5, 5.41) is 11.0. The van der Waals surface area contributed by atoms with Crippen LogP contribution in [0.1, 0.15) is 30.1 Å². The largest absolute Gasteiger partial charge is 0.493 e. The second-order valence-corrected chi connectivity index (χ2v) is 6.45. The standard InChI is InChI=1S/C23H22O5/c1-2-19(28-21-12-7-16-5-3-4-6-18(16)15-21)13-14-27-20-10-8-17(9-11-20)22(24)23(25)26/h3-12,15,19H,2,13-14H2,1H3,(H,25,26). The lowest BCUT2D eigenvalue weighted by Crippen LogP contribution is -2.19. The van der Waals surface area contributed by atoms with E-state index in [0.717, 1.165) is 17.6 Å². The Morgan fingerprint density at radius 2 is 1.61 bits per heavy atom. The lowest BCUT2D eigenvalue weighted by molar-refractivity contribution is -0.131. The maximum Gasteiger partial charge on any atom is 0.377 e. The molecule has 28 heavy (non-hydrogen) atoms. The predicted octanol–water partition coefficient (Wildman–Crippen LogP) is 4.73. The Hall–Kier alpha value is -3.34. The lowest BCUT2D eigenvalue weighted by Gasteiger charge is -2.18. The summed E-state index contributed by atoms with van der Waals surface area (Å²) in [5.41, 5.74) is 0.130.